The molecule has 3 heterocycles. The Labute approximate surface area is 174 Å². The van der Waals surface area contributed by atoms with Gasteiger partial charge in [-0.2, -0.15) is 0 Å². The van der Waals surface area contributed by atoms with Crippen LogP contribution in [0.5, 0.6) is 0 Å². The van der Waals surface area contributed by atoms with Crippen molar-refractivity contribution in [3.63, 3.8) is 0 Å². The lowest BCUT2D eigenvalue weighted by molar-refractivity contribution is 0.0543. The zero-order valence-corrected chi connectivity index (χ0v) is 17.6. The number of hydrogen-bond acceptors (Lipinski definition) is 6. The van der Waals surface area contributed by atoms with Gasteiger partial charge < -0.3 is 20.1 Å². The Morgan fingerprint density at radius 3 is 2.89 bits per heavy atom. The van der Waals surface area contributed by atoms with Gasteiger partial charge in [0.05, 0.1) is 12.6 Å². The van der Waals surface area contributed by atoms with Crippen LogP contribution in [-0.2, 0) is 10.2 Å². The topological polar surface area (TPSA) is 70.5 Å². The molecule has 2 aliphatic heterocycles. The van der Waals surface area contributed by atoms with E-state index in [2.05, 4.69) is 60.4 Å². The third-order valence-corrected chi connectivity index (χ3v) is 6.52. The molecule has 2 saturated heterocycles. The number of halogens is 1. The van der Waals surface area contributed by atoms with Crippen molar-refractivity contribution < 1.29 is 9.84 Å². The number of aromatic nitrogens is 2. The largest absolute Gasteiger partial charge is 0.394 e. The third-order valence-electron chi connectivity index (χ3n) is 6.03. The zero-order chi connectivity index (χ0) is 19.4. The quantitative estimate of drug-likeness (QED) is 0.708. The second-order valence-electron chi connectivity index (χ2n) is 7.69. The summed E-state index contributed by atoms with van der Waals surface area (Å²) in [6.07, 6.45) is 5.67. The van der Waals surface area contributed by atoms with E-state index in [1.54, 1.807) is 6.33 Å². The number of aliphatic hydroxyl groups excluding tert-OH is 1. The van der Waals surface area contributed by atoms with E-state index in [-0.39, 0.29) is 18.1 Å². The molecular weight excluding hydrogens is 420 g/mol. The van der Waals surface area contributed by atoms with Crippen LogP contribution in [-0.4, -0.2) is 54.0 Å². The summed E-state index contributed by atoms with van der Waals surface area (Å²) in [4.78, 5) is 11.1. The molecule has 7 heteroatoms. The van der Waals surface area contributed by atoms with E-state index in [0.29, 0.717) is 0 Å². The molecule has 2 aliphatic rings. The van der Waals surface area contributed by atoms with E-state index < -0.39 is 0 Å². The fraction of sp³-hybridized carbons (Fsp3) is 0.524. The van der Waals surface area contributed by atoms with Crippen molar-refractivity contribution in [1.82, 2.24) is 9.97 Å². The monoisotopic (exact) mass is 446 g/mol. The summed E-state index contributed by atoms with van der Waals surface area (Å²) in [7, 11) is 0. The van der Waals surface area contributed by atoms with Crippen molar-refractivity contribution in [2.24, 2.45) is 0 Å². The lowest BCUT2D eigenvalue weighted by Crippen LogP contribution is -2.40. The molecule has 0 amide bonds. The lowest BCUT2D eigenvalue weighted by atomic mass is 9.74. The van der Waals surface area contributed by atoms with Crippen LogP contribution in [0.15, 0.2) is 41.1 Å². The van der Waals surface area contributed by atoms with Crippen LogP contribution >= 0.6 is 15.9 Å². The first-order valence-electron chi connectivity index (χ1n) is 9.97. The van der Waals surface area contributed by atoms with Crippen LogP contribution in [0.25, 0.3) is 0 Å². The smallest absolute Gasteiger partial charge is 0.134 e. The van der Waals surface area contributed by atoms with Crippen LogP contribution in [0.3, 0.4) is 0 Å². The Morgan fingerprint density at radius 2 is 2.11 bits per heavy atom. The Morgan fingerprint density at radius 1 is 1.25 bits per heavy atom. The Hall–Kier alpha value is -1.70. The van der Waals surface area contributed by atoms with Gasteiger partial charge in [-0.1, -0.05) is 28.1 Å². The van der Waals surface area contributed by atoms with E-state index in [9.17, 15) is 5.11 Å². The lowest BCUT2D eigenvalue weighted by Gasteiger charge is -2.38. The fourth-order valence-corrected chi connectivity index (χ4v) is 4.73. The normalized spacial score (nSPS) is 21.6. The van der Waals surface area contributed by atoms with Gasteiger partial charge in [-0.25, -0.2) is 9.97 Å². The molecule has 1 aromatic carbocycles. The van der Waals surface area contributed by atoms with Gasteiger partial charge in [-0.05, 0) is 43.4 Å². The molecule has 28 heavy (non-hydrogen) atoms. The van der Waals surface area contributed by atoms with Crippen LogP contribution < -0.4 is 10.2 Å². The van der Waals surface area contributed by atoms with Crippen molar-refractivity contribution >= 4 is 27.6 Å². The number of aliphatic hydroxyl groups is 1. The summed E-state index contributed by atoms with van der Waals surface area (Å²) in [6, 6.07) is 10.7. The zero-order valence-electron chi connectivity index (χ0n) is 16.0. The molecule has 4 rings (SSSR count). The number of benzene rings is 1. The Kier molecular flexibility index (Phi) is 6.13. The molecule has 0 spiro atoms. The van der Waals surface area contributed by atoms with Gasteiger partial charge >= 0.3 is 0 Å². The molecule has 0 bridgehead atoms. The van der Waals surface area contributed by atoms with Crippen LogP contribution in [0, 0.1) is 0 Å². The number of nitrogens with zero attached hydrogens (tertiary/aromatic N) is 3. The van der Waals surface area contributed by atoms with Gasteiger partial charge in [0, 0.05) is 42.3 Å². The van der Waals surface area contributed by atoms with Gasteiger partial charge in [-0.15, -0.1) is 0 Å². The highest BCUT2D eigenvalue weighted by atomic mass is 79.9. The van der Waals surface area contributed by atoms with Gasteiger partial charge in [0.2, 0.25) is 0 Å². The summed E-state index contributed by atoms with van der Waals surface area (Å²) in [5.74, 6) is 1.71. The molecule has 150 valence electrons. The van der Waals surface area contributed by atoms with Gasteiger partial charge in [-0.3, -0.25) is 0 Å². The minimum Gasteiger partial charge on any atom is -0.394 e. The summed E-state index contributed by atoms with van der Waals surface area (Å²) in [5, 5.41) is 13.2. The molecule has 2 N–H and O–H groups in total. The van der Waals surface area contributed by atoms with Crippen molar-refractivity contribution in [3.05, 3.63) is 46.7 Å². The summed E-state index contributed by atoms with van der Waals surface area (Å²) < 4.78 is 6.74. The molecule has 0 radical (unpaired) electrons. The van der Waals surface area contributed by atoms with Crippen molar-refractivity contribution in [2.45, 2.75) is 37.1 Å². The number of ether oxygens (including phenoxy) is 1. The first kappa shape index (κ1) is 19.6. The SMILES string of the molecule is OCC1CCCN1c1cc(NCC2(c3cccc(Br)c3)CCOCC2)ncn1. The number of hydrogen-bond donors (Lipinski definition) is 2. The van der Waals surface area contributed by atoms with E-state index >= 15 is 0 Å². The van der Waals surface area contributed by atoms with Crippen LogP contribution in [0.1, 0.15) is 31.2 Å². The van der Waals surface area contributed by atoms with E-state index in [1.165, 1.54) is 5.56 Å². The maximum atomic E-state index is 9.61. The van der Waals surface area contributed by atoms with Crippen molar-refractivity contribution in [2.75, 3.05) is 43.1 Å². The van der Waals surface area contributed by atoms with Gasteiger partial charge in [0.15, 0.2) is 0 Å². The standard InChI is InChI=1S/C21H27BrN4O2/c22-17-4-1-3-16(11-17)21(6-9-28-10-7-21)14-23-19-12-20(25-15-24-19)26-8-2-5-18(26)13-27/h1,3-4,11-12,15,18,27H,2,5-10,13-14H2,(H,23,24,25). The molecule has 6 nitrogen and oxygen atoms in total. The van der Waals surface area contributed by atoms with Gasteiger partial charge in [0.1, 0.15) is 18.0 Å². The summed E-state index contributed by atoms with van der Waals surface area (Å²) in [5.41, 5.74) is 1.35. The molecule has 1 unspecified atom stereocenters. The second kappa shape index (κ2) is 8.76. The first-order valence-corrected chi connectivity index (χ1v) is 10.8. The van der Waals surface area contributed by atoms with Crippen LogP contribution in [0.4, 0.5) is 11.6 Å². The van der Waals surface area contributed by atoms with E-state index in [1.807, 2.05) is 6.07 Å². The number of rotatable bonds is 6. The molecule has 0 saturated carbocycles. The maximum Gasteiger partial charge on any atom is 0.134 e. The number of anilines is 2. The molecule has 2 fully saturated rings. The van der Waals surface area contributed by atoms with Crippen molar-refractivity contribution in [3.8, 4) is 0 Å². The average Bonchev–Trinajstić information content (AvgIpc) is 3.22. The predicted molar refractivity (Wildman–Crippen MR) is 114 cm³/mol. The highest BCUT2D eigenvalue weighted by molar-refractivity contribution is 9.10. The summed E-state index contributed by atoms with van der Waals surface area (Å²) >= 11 is 3.61. The minimum atomic E-state index is 0.0222. The first-order chi connectivity index (χ1) is 13.7. The molecule has 1 aromatic heterocycles. The van der Waals surface area contributed by atoms with E-state index in [0.717, 1.165) is 68.1 Å². The Balaban J connectivity index is 1.52. The molecule has 0 aliphatic carbocycles. The second-order valence-corrected chi connectivity index (χ2v) is 8.61. The molecular formula is C21H27BrN4O2. The van der Waals surface area contributed by atoms with Gasteiger partial charge in [0.25, 0.3) is 0 Å². The number of nitrogens with one attached hydrogen (secondary N) is 1. The average molecular weight is 447 g/mol. The minimum absolute atomic E-state index is 0.0222. The highest BCUT2D eigenvalue weighted by Gasteiger charge is 2.34. The fourth-order valence-electron chi connectivity index (χ4n) is 4.34. The summed E-state index contributed by atoms with van der Waals surface area (Å²) in [6.45, 7) is 3.44. The van der Waals surface area contributed by atoms with Crippen molar-refractivity contribution in [1.29, 1.82) is 0 Å². The predicted octanol–water partition coefficient (Wildman–Crippen LogP) is 3.36. The molecule has 1 atom stereocenters. The Bertz CT molecular complexity index is 797. The third kappa shape index (κ3) is 4.16. The van der Waals surface area contributed by atoms with E-state index in [4.69, 9.17) is 4.74 Å². The highest BCUT2D eigenvalue weighted by Crippen LogP contribution is 2.36. The van der Waals surface area contributed by atoms with Crippen LogP contribution in [0.2, 0.25) is 0 Å². The maximum absolute atomic E-state index is 9.61. The molecule has 2 aromatic rings.